The third kappa shape index (κ3) is 5.87. The molecule has 2 aromatic rings. The first kappa shape index (κ1) is 18.4. The molecule has 0 aliphatic heterocycles. The Labute approximate surface area is 145 Å². The number of halogens is 1. The molecule has 6 nitrogen and oxygen atoms in total. The lowest BCUT2D eigenvalue weighted by Crippen LogP contribution is -2.27. The number of amides is 2. The van der Waals surface area contributed by atoms with Crippen LogP contribution in [-0.2, 0) is 17.7 Å². The van der Waals surface area contributed by atoms with Gasteiger partial charge >= 0.3 is 6.09 Å². The van der Waals surface area contributed by atoms with Crippen LogP contribution in [0.2, 0.25) is 0 Å². The summed E-state index contributed by atoms with van der Waals surface area (Å²) in [5.41, 5.74) is 1.51. The van der Waals surface area contributed by atoms with Crippen molar-refractivity contribution in [3.63, 3.8) is 0 Å². The number of hydrogen-bond acceptors (Lipinski definition) is 4. The van der Waals surface area contributed by atoms with E-state index in [0.29, 0.717) is 29.8 Å². The van der Waals surface area contributed by atoms with E-state index >= 15 is 0 Å². The van der Waals surface area contributed by atoms with E-state index in [4.69, 9.17) is 4.74 Å². The largest absolute Gasteiger partial charge is 0.450 e. The van der Waals surface area contributed by atoms with Gasteiger partial charge in [0.1, 0.15) is 5.82 Å². The number of ether oxygens (including phenoxy) is 1. The number of carbonyl (C=O) groups excluding carboxylic acids is 2. The molecule has 132 valence electrons. The summed E-state index contributed by atoms with van der Waals surface area (Å²) < 4.78 is 18.3. The van der Waals surface area contributed by atoms with E-state index in [-0.39, 0.29) is 24.9 Å². The van der Waals surface area contributed by atoms with Crippen molar-refractivity contribution in [1.82, 2.24) is 15.6 Å². The maximum Gasteiger partial charge on any atom is 0.407 e. The molecule has 0 saturated heterocycles. The molecule has 1 aromatic heterocycles. The first-order chi connectivity index (χ1) is 12.1. The predicted octanol–water partition coefficient (Wildman–Crippen LogP) is 2.44. The quantitative estimate of drug-likeness (QED) is 0.808. The predicted molar refractivity (Wildman–Crippen MR) is 90.5 cm³/mol. The standard InChI is InChI=1S/C18H20FN3O3/c1-2-25-18(24)22-12-15-11-14(8-9-20-15)17(23)21-10-7-13-5-3-4-6-16(13)19/h3-6,8-9,11H,2,7,10,12H2,1H3,(H,21,23)(H,22,24). The Hall–Kier alpha value is -2.96. The molecule has 2 rings (SSSR count). The van der Waals surface area contributed by atoms with Gasteiger partial charge in [-0.05, 0) is 37.1 Å². The highest BCUT2D eigenvalue weighted by atomic mass is 19.1. The minimum absolute atomic E-state index is 0.162. The van der Waals surface area contributed by atoms with Gasteiger partial charge in [0.15, 0.2) is 0 Å². The molecule has 0 radical (unpaired) electrons. The van der Waals surface area contributed by atoms with Crippen LogP contribution in [0.15, 0.2) is 42.6 Å². The zero-order valence-corrected chi connectivity index (χ0v) is 13.9. The first-order valence-corrected chi connectivity index (χ1v) is 7.97. The van der Waals surface area contributed by atoms with Crippen molar-refractivity contribution >= 4 is 12.0 Å². The summed E-state index contributed by atoms with van der Waals surface area (Å²) in [6.07, 6.45) is 1.36. The number of aromatic nitrogens is 1. The fourth-order valence-corrected chi connectivity index (χ4v) is 2.17. The molecule has 0 aliphatic carbocycles. The van der Waals surface area contributed by atoms with E-state index in [2.05, 4.69) is 15.6 Å². The van der Waals surface area contributed by atoms with Gasteiger partial charge in [-0.3, -0.25) is 9.78 Å². The molecule has 0 spiro atoms. The summed E-state index contributed by atoms with van der Waals surface area (Å²) in [4.78, 5) is 27.5. The molecule has 0 aliphatic rings. The highest BCUT2D eigenvalue weighted by molar-refractivity contribution is 5.94. The van der Waals surface area contributed by atoms with E-state index in [1.807, 2.05) is 0 Å². The molecule has 0 saturated carbocycles. The van der Waals surface area contributed by atoms with Crippen LogP contribution in [0.3, 0.4) is 0 Å². The topological polar surface area (TPSA) is 80.3 Å². The average Bonchev–Trinajstić information content (AvgIpc) is 2.62. The molecule has 1 aromatic carbocycles. The molecule has 7 heteroatoms. The fraction of sp³-hybridized carbons (Fsp3) is 0.278. The second-order valence-corrected chi connectivity index (χ2v) is 5.21. The lowest BCUT2D eigenvalue weighted by Gasteiger charge is -2.08. The van der Waals surface area contributed by atoms with Crippen molar-refractivity contribution in [3.05, 3.63) is 65.2 Å². The van der Waals surface area contributed by atoms with E-state index < -0.39 is 6.09 Å². The van der Waals surface area contributed by atoms with E-state index in [1.54, 1.807) is 37.3 Å². The summed E-state index contributed by atoms with van der Waals surface area (Å²) in [5.74, 6) is -0.566. The van der Waals surface area contributed by atoms with E-state index in [1.165, 1.54) is 12.3 Å². The Morgan fingerprint density at radius 2 is 2.00 bits per heavy atom. The summed E-state index contributed by atoms with van der Waals surface area (Å²) >= 11 is 0. The van der Waals surface area contributed by atoms with Gasteiger partial charge in [0.25, 0.3) is 5.91 Å². The Kier molecular flexibility index (Phi) is 6.88. The normalized spacial score (nSPS) is 10.2. The number of nitrogens with zero attached hydrogens (tertiary/aromatic N) is 1. The van der Waals surface area contributed by atoms with Gasteiger partial charge in [-0.1, -0.05) is 18.2 Å². The van der Waals surface area contributed by atoms with Crippen LogP contribution in [0.5, 0.6) is 0 Å². The summed E-state index contributed by atoms with van der Waals surface area (Å²) in [5, 5.41) is 5.28. The Balaban J connectivity index is 1.86. The minimum Gasteiger partial charge on any atom is -0.450 e. The smallest absolute Gasteiger partial charge is 0.407 e. The van der Waals surface area contributed by atoms with Gasteiger partial charge < -0.3 is 15.4 Å². The number of nitrogens with one attached hydrogen (secondary N) is 2. The number of benzene rings is 1. The van der Waals surface area contributed by atoms with Crippen LogP contribution in [0, 0.1) is 5.82 Å². The van der Waals surface area contributed by atoms with Crippen molar-refractivity contribution in [2.24, 2.45) is 0 Å². The van der Waals surface area contributed by atoms with Gasteiger partial charge in [0.2, 0.25) is 0 Å². The highest BCUT2D eigenvalue weighted by Gasteiger charge is 2.08. The third-order valence-electron chi connectivity index (χ3n) is 3.41. The molecule has 0 atom stereocenters. The SMILES string of the molecule is CCOC(=O)NCc1cc(C(=O)NCCc2ccccc2F)ccn1. The summed E-state index contributed by atoms with van der Waals surface area (Å²) in [6.45, 7) is 2.47. The van der Waals surface area contributed by atoms with Crippen molar-refractivity contribution in [2.45, 2.75) is 19.9 Å². The van der Waals surface area contributed by atoms with Crippen LogP contribution in [0.1, 0.15) is 28.5 Å². The number of alkyl carbamates (subject to hydrolysis) is 1. The number of pyridine rings is 1. The number of carbonyl (C=O) groups is 2. The van der Waals surface area contributed by atoms with Crippen molar-refractivity contribution in [1.29, 1.82) is 0 Å². The molecular weight excluding hydrogens is 325 g/mol. The first-order valence-electron chi connectivity index (χ1n) is 7.97. The number of rotatable bonds is 7. The zero-order chi connectivity index (χ0) is 18.1. The van der Waals surface area contributed by atoms with Gasteiger partial charge in [0.05, 0.1) is 18.8 Å². The van der Waals surface area contributed by atoms with E-state index in [0.717, 1.165) is 0 Å². The lowest BCUT2D eigenvalue weighted by molar-refractivity contribution is 0.0953. The van der Waals surface area contributed by atoms with Crippen LogP contribution >= 0.6 is 0 Å². The fourth-order valence-electron chi connectivity index (χ4n) is 2.17. The molecule has 0 unspecified atom stereocenters. The molecule has 0 bridgehead atoms. The average molecular weight is 345 g/mol. The monoisotopic (exact) mass is 345 g/mol. The summed E-state index contributed by atoms with van der Waals surface area (Å²) in [7, 11) is 0. The highest BCUT2D eigenvalue weighted by Crippen LogP contribution is 2.07. The molecule has 0 fully saturated rings. The van der Waals surface area contributed by atoms with E-state index in [9.17, 15) is 14.0 Å². The zero-order valence-electron chi connectivity index (χ0n) is 13.9. The third-order valence-corrected chi connectivity index (χ3v) is 3.41. The van der Waals surface area contributed by atoms with Crippen molar-refractivity contribution < 1.29 is 18.7 Å². The van der Waals surface area contributed by atoms with Crippen LogP contribution < -0.4 is 10.6 Å². The van der Waals surface area contributed by atoms with Gasteiger partial charge in [0, 0.05) is 18.3 Å². The Morgan fingerprint density at radius 3 is 2.76 bits per heavy atom. The van der Waals surface area contributed by atoms with Crippen LogP contribution in [0.4, 0.5) is 9.18 Å². The molecule has 1 heterocycles. The lowest BCUT2D eigenvalue weighted by atomic mass is 10.1. The second-order valence-electron chi connectivity index (χ2n) is 5.21. The van der Waals surface area contributed by atoms with Gasteiger partial charge in [-0.2, -0.15) is 0 Å². The van der Waals surface area contributed by atoms with Crippen molar-refractivity contribution in [3.8, 4) is 0 Å². The number of hydrogen-bond donors (Lipinski definition) is 2. The van der Waals surface area contributed by atoms with Crippen LogP contribution in [-0.4, -0.2) is 30.1 Å². The molecule has 2 amide bonds. The van der Waals surface area contributed by atoms with Gasteiger partial charge in [-0.25, -0.2) is 9.18 Å². The van der Waals surface area contributed by atoms with Crippen molar-refractivity contribution in [2.75, 3.05) is 13.2 Å². The minimum atomic E-state index is -0.538. The molecule has 2 N–H and O–H groups in total. The maximum atomic E-state index is 13.5. The Bertz CT molecular complexity index is 737. The molecular formula is C18H20FN3O3. The summed E-state index contributed by atoms with van der Waals surface area (Å²) in [6, 6.07) is 9.62. The van der Waals surface area contributed by atoms with Crippen LogP contribution in [0.25, 0.3) is 0 Å². The molecule has 25 heavy (non-hydrogen) atoms. The Morgan fingerprint density at radius 1 is 1.20 bits per heavy atom. The van der Waals surface area contributed by atoms with Gasteiger partial charge in [-0.15, -0.1) is 0 Å². The second kappa shape index (κ2) is 9.36. The maximum absolute atomic E-state index is 13.5.